The lowest BCUT2D eigenvalue weighted by Crippen LogP contribution is -2.33. The molecule has 0 atom stereocenters. The van der Waals surface area contributed by atoms with Gasteiger partial charge < -0.3 is 24.4 Å². The second-order valence-corrected chi connectivity index (χ2v) is 6.80. The number of hydrogen-bond acceptors (Lipinski definition) is 7. The Morgan fingerprint density at radius 3 is 2.18 bits per heavy atom. The minimum atomic E-state index is -0.361. The Hall–Kier alpha value is -3.03. The molecule has 0 radical (unpaired) electrons. The van der Waals surface area contributed by atoms with Crippen LogP contribution in [0.15, 0.2) is 24.5 Å². The van der Waals surface area contributed by atoms with E-state index in [1.807, 2.05) is 0 Å². The number of methoxy groups -OCH3 is 3. The minimum Gasteiger partial charge on any atom is -0.493 e. The van der Waals surface area contributed by atoms with Crippen LogP contribution >= 0.6 is 0 Å². The summed E-state index contributed by atoms with van der Waals surface area (Å²) in [5, 5.41) is 2.79. The first-order valence-corrected chi connectivity index (χ1v) is 9.24. The first-order valence-electron chi connectivity index (χ1n) is 9.24. The van der Waals surface area contributed by atoms with E-state index in [2.05, 4.69) is 27.1 Å². The summed E-state index contributed by atoms with van der Waals surface area (Å²) in [5.74, 6) is 2.56. The van der Waals surface area contributed by atoms with Gasteiger partial charge in [0.15, 0.2) is 11.5 Å². The molecule has 8 nitrogen and oxygen atoms in total. The van der Waals surface area contributed by atoms with E-state index in [1.54, 1.807) is 18.3 Å². The van der Waals surface area contributed by atoms with E-state index in [0.29, 0.717) is 22.9 Å². The Morgan fingerprint density at radius 2 is 1.68 bits per heavy atom. The third kappa shape index (κ3) is 4.27. The zero-order valence-corrected chi connectivity index (χ0v) is 16.7. The predicted octanol–water partition coefficient (Wildman–Crippen LogP) is 2.99. The van der Waals surface area contributed by atoms with Crippen LogP contribution in [0.5, 0.6) is 17.2 Å². The van der Waals surface area contributed by atoms with Crippen LogP contribution in [-0.2, 0) is 0 Å². The van der Waals surface area contributed by atoms with Gasteiger partial charge in [-0.05, 0) is 18.8 Å². The lowest BCUT2D eigenvalue weighted by atomic mass is 9.99. The molecular weight excluding hydrogens is 360 g/mol. The Balaban J connectivity index is 1.72. The fourth-order valence-electron chi connectivity index (χ4n) is 3.19. The van der Waals surface area contributed by atoms with Crippen LogP contribution in [0.2, 0.25) is 0 Å². The molecule has 2 aromatic rings. The summed E-state index contributed by atoms with van der Waals surface area (Å²) in [6.45, 7) is 4.19. The van der Waals surface area contributed by atoms with Crippen molar-refractivity contribution < 1.29 is 19.0 Å². The Bertz CT molecular complexity index is 792. The van der Waals surface area contributed by atoms with Crippen molar-refractivity contribution in [3.8, 4) is 17.2 Å². The monoisotopic (exact) mass is 386 g/mol. The second kappa shape index (κ2) is 8.77. The molecule has 1 aromatic heterocycles. The van der Waals surface area contributed by atoms with Gasteiger partial charge in [0, 0.05) is 30.9 Å². The van der Waals surface area contributed by atoms with Gasteiger partial charge in [0.05, 0.1) is 33.7 Å². The molecule has 1 fully saturated rings. The van der Waals surface area contributed by atoms with E-state index in [4.69, 9.17) is 14.2 Å². The highest BCUT2D eigenvalue weighted by Gasteiger charge is 2.19. The highest BCUT2D eigenvalue weighted by Crippen LogP contribution is 2.40. The normalized spacial score (nSPS) is 14.5. The van der Waals surface area contributed by atoms with E-state index < -0.39 is 0 Å². The fourth-order valence-corrected chi connectivity index (χ4v) is 3.19. The van der Waals surface area contributed by atoms with Crippen molar-refractivity contribution in [3.63, 3.8) is 0 Å². The number of aromatic nitrogens is 2. The zero-order valence-electron chi connectivity index (χ0n) is 16.7. The number of piperidine rings is 1. The van der Waals surface area contributed by atoms with Gasteiger partial charge in [-0.2, -0.15) is 0 Å². The largest absolute Gasteiger partial charge is 0.493 e. The maximum Gasteiger partial charge on any atom is 0.275 e. The quantitative estimate of drug-likeness (QED) is 0.817. The van der Waals surface area contributed by atoms with E-state index in [9.17, 15) is 4.79 Å². The molecule has 0 bridgehead atoms. The average molecular weight is 386 g/mol. The van der Waals surface area contributed by atoms with E-state index >= 15 is 0 Å². The zero-order chi connectivity index (χ0) is 20.1. The molecule has 150 valence electrons. The van der Waals surface area contributed by atoms with Crippen LogP contribution in [0.3, 0.4) is 0 Å². The van der Waals surface area contributed by atoms with Crippen molar-refractivity contribution in [1.82, 2.24) is 9.97 Å². The van der Waals surface area contributed by atoms with Crippen LogP contribution in [-0.4, -0.2) is 50.3 Å². The number of carbonyl (C=O) groups is 1. The number of anilines is 2. The van der Waals surface area contributed by atoms with Crippen LogP contribution in [0.4, 0.5) is 11.5 Å². The third-order valence-electron chi connectivity index (χ3n) is 4.90. The number of ether oxygens (including phenoxy) is 3. The van der Waals surface area contributed by atoms with Gasteiger partial charge in [-0.3, -0.25) is 4.79 Å². The maximum absolute atomic E-state index is 12.6. The molecule has 8 heteroatoms. The standard InChI is InChI=1S/C20H26N4O4/c1-13-5-7-24(8-6-13)18-12-21-15(11-22-18)20(25)23-14-9-16(26-2)19(28-4)17(10-14)27-3/h9-13H,5-8H2,1-4H3,(H,23,25). The lowest BCUT2D eigenvalue weighted by Gasteiger charge is -2.30. The van der Waals surface area contributed by atoms with Crippen LogP contribution in [0.25, 0.3) is 0 Å². The van der Waals surface area contributed by atoms with Gasteiger partial charge in [0.1, 0.15) is 11.5 Å². The summed E-state index contributed by atoms with van der Waals surface area (Å²) in [6.07, 6.45) is 5.44. The Labute approximate surface area is 164 Å². The highest BCUT2D eigenvalue weighted by molar-refractivity contribution is 6.03. The number of amides is 1. The molecule has 0 unspecified atom stereocenters. The van der Waals surface area contributed by atoms with Gasteiger partial charge in [-0.15, -0.1) is 0 Å². The molecule has 1 aliphatic rings. The third-order valence-corrected chi connectivity index (χ3v) is 4.90. The molecule has 0 aliphatic carbocycles. The summed E-state index contributed by atoms with van der Waals surface area (Å²) in [4.78, 5) is 23.5. The first kappa shape index (κ1) is 19.7. The molecule has 1 amide bonds. The predicted molar refractivity (Wildman–Crippen MR) is 107 cm³/mol. The minimum absolute atomic E-state index is 0.239. The molecule has 2 heterocycles. The van der Waals surface area contributed by atoms with E-state index in [1.165, 1.54) is 27.5 Å². The van der Waals surface area contributed by atoms with Gasteiger partial charge in [0.25, 0.3) is 5.91 Å². The fraction of sp³-hybridized carbons (Fsp3) is 0.450. The lowest BCUT2D eigenvalue weighted by molar-refractivity contribution is 0.102. The second-order valence-electron chi connectivity index (χ2n) is 6.80. The molecule has 1 saturated heterocycles. The van der Waals surface area contributed by atoms with Crippen molar-refractivity contribution in [1.29, 1.82) is 0 Å². The van der Waals surface area contributed by atoms with Gasteiger partial charge in [-0.1, -0.05) is 6.92 Å². The summed E-state index contributed by atoms with van der Waals surface area (Å²) >= 11 is 0. The van der Waals surface area contributed by atoms with E-state index in [-0.39, 0.29) is 11.6 Å². The molecule has 0 saturated carbocycles. The first-order chi connectivity index (χ1) is 13.5. The topological polar surface area (TPSA) is 85.8 Å². The number of nitrogens with one attached hydrogen (secondary N) is 1. The summed E-state index contributed by atoms with van der Waals surface area (Å²) in [6, 6.07) is 3.33. The van der Waals surface area contributed by atoms with Gasteiger partial charge in [-0.25, -0.2) is 9.97 Å². The molecular formula is C20H26N4O4. The van der Waals surface area contributed by atoms with Gasteiger partial charge >= 0.3 is 0 Å². The molecule has 1 N–H and O–H groups in total. The molecule has 3 rings (SSSR count). The highest BCUT2D eigenvalue weighted by atomic mass is 16.5. The summed E-state index contributed by atoms with van der Waals surface area (Å²) in [7, 11) is 4.57. The van der Waals surface area contributed by atoms with Crippen molar-refractivity contribution >= 4 is 17.4 Å². The Morgan fingerprint density at radius 1 is 1.04 bits per heavy atom. The summed E-state index contributed by atoms with van der Waals surface area (Å²) in [5.41, 5.74) is 0.748. The summed E-state index contributed by atoms with van der Waals surface area (Å²) < 4.78 is 15.9. The van der Waals surface area contributed by atoms with Crippen LogP contribution in [0, 0.1) is 5.92 Å². The van der Waals surface area contributed by atoms with Crippen molar-refractivity contribution in [2.45, 2.75) is 19.8 Å². The van der Waals surface area contributed by atoms with E-state index in [0.717, 1.165) is 37.7 Å². The molecule has 1 aromatic carbocycles. The maximum atomic E-state index is 12.6. The smallest absolute Gasteiger partial charge is 0.275 e. The van der Waals surface area contributed by atoms with Crippen molar-refractivity contribution in [2.24, 2.45) is 5.92 Å². The van der Waals surface area contributed by atoms with Crippen molar-refractivity contribution in [3.05, 3.63) is 30.2 Å². The molecule has 28 heavy (non-hydrogen) atoms. The van der Waals surface area contributed by atoms with Crippen molar-refractivity contribution in [2.75, 3.05) is 44.6 Å². The van der Waals surface area contributed by atoms with Gasteiger partial charge in [0.2, 0.25) is 5.75 Å². The average Bonchev–Trinajstić information content (AvgIpc) is 2.73. The number of benzene rings is 1. The SMILES string of the molecule is COc1cc(NC(=O)c2cnc(N3CCC(C)CC3)cn2)cc(OC)c1OC. The number of hydrogen-bond donors (Lipinski definition) is 1. The van der Waals surface area contributed by atoms with Crippen LogP contribution in [0.1, 0.15) is 30.3 Å². The number of rotatable bonds is 6. The molecule has 0 spiro atoms. The van der Waals surface area contributed by atoms with Crippen LogP contribution < -0.4 is 24.4 Å². The Kier molecular flexibility index (Phi) is 6.18. The number of carbonyl (C=O) groups excluding carboxylic acids is 1. The molecule has 1 aliphatic heterocycles. The number of nitrogens with zero attached hydrogens (tertiary/aromatic N) is 3.